The highest BCUT2D eigenvalue weighted by Gasteiger charge is 2.11. The van der Waals surface area contributed by atoms with E-state index in [1.54, 1.807) is 6.20 Å². The van der Waals surface area contributed by atoms with Crippen molar-refractivity contribution in [3.8, 4) is 6.07 Å². The van der Waals surface area contributed by atoms with Crippen molar-refractivity contribution in [2.24, 2.45) is 0 Å². The highest BCUT2D eigenvalue weighted by molar-refractivity contribution is 5.15. The predicted molar refractivity (Wildman–Crippen MR) is 50.9 cm³/mol. The fourth-order valence-corrected chi connectivity index (χ4v) is 1.07. The van der Waals surface area contributed by atoms with Crippen molar-refractivity contribution in [1.82, 2.24) is 10.3 Å². The highest BCUT2D eigenvalue weighted by atomic mass is 15.0. The highest BCUT2D eigenvalue weighted by Crippen LogP contribution is 2.08. The van der Waals surface area contributed by atoms with Crippen molar-refractivity contribution >= 4 is 0 Å². The number of nitrogens with zero attached hydrogens (tertiary/aromatic N) is 2. The van der Waals surface area contributed by atoms with Crippen molar-refractivity contribution in [2.45, 2.75) is 25.9 Å². The first-order chi connectivity index (χ1) is 6.24. The molecule has 0 aromatic carbocycles. The van der Waals surface area contributed by atoms with Gasteiger partial charge in [0.1, 0.15) is 6.04 Å². The van der Waals surface area contributed by atoms with Crippen LogP contribution in [0.25, 0.3) is 0 Å². The summed E-state index contributed by atoms with van der Waals surface area (Å²) in [6.45, 7) is 4.01. The van der Waals surface area contributed by atoms with Crippen molar-refractivity contribution in [1.29, 1.82) is 5.26 Å². The van der Waals surface area contributed by atoms with Gasteiger partial charge < -0.3 is 0 Å². The summed E-state index contributed by atoms with van der Waals surface area (Å²) >= 11 is 0. The molecule has 0 saturated heterocycles. The Bertz CT molecular complexity index is 287. The Hall–Kier alpha value is -1.40. The lowest BCUT2D eigenvalue weighted by atomic mass is 10.2. The largest absolute Gasteiger partial charge is 0.295 e. The molecule has 0 aliphatic heterocycles. The Kier molecular flexibility index (Phi) is 3.41. The number of rotatable bonds is 3. The number of aromatic nitrogens is 1. The van der Waals surface area contributed by atoms with Gasteiger partial charge in [0.2, 0.25) is 0 Å². The standard InChI is InChI=1S/C10H13N3/c1-8(2)13-10(7-11)9-5-3-4-6-12-9/h3-6,8,10,13H,1-2H3. The Balaban J connectivity index is 2.75. The molecule has 1 aromatic rings. The number of hydrogen-bond acceptors (Lipinski definition) is 3. The molecule has 13 heavy (non-hydrogen) atoms. The van der Waals surface area contributed by atoms with Crippen LogP contribution in [0.1, 0.15) is 25.6 Å². The Morgan fingerprint density at radius 3 is 2.69 bits per heavy atom. The summed E-state index contributed by atoms with van der Waals surface area (Å²) in [4.78, 5) is 4.12. The second-order valence-electron chi connectivity index (χ2n) is 3.14. The molecule has 1 unspecified atom stereocenters. The summed E-state index contributed by atoms with van der Waals surface area (Å²) < 4.78 is 0. The van der Waals surface area contributed by atoms with E-state index >= 15 is 0 Å². The molecule has 3 nitrogen and oxygen atoms in total. The van der Waals surface area contributed by atoms with Gasteiger partial charge in [-0.2, -0.15) is 5.26 Å². The molecule has 1 N–H and O–H groups in total. The van der Waals surface area contributed by atoms with Gasteiger partial charge >= 0.3 is 0 Å². The van der Waals surface area contributed by atoms with Crippen LogP contribution in [0.4, 0.5) is 0 Å². The summed E-state index contributed by atoms with van der Waals surface area (Å²) in [6, 6.07) is 7.73. The first kappa shape index (κ1) is 9.69. The molecule has 1 heterocycles. The van der Waals surface area contributed by atoms with E-state index < -0.39 is 0 Å². The summed E-state index contributed by atoms with van der Waals surface area (Å²) in [5.74, 6) is 0. The fraction of sp³-hybridized carbons (Fsp3) is 0.400. The van der Waals surface area contributed by atoms with E-state index in [9.17, 15) is 0 Å². The van der Waals surface area contributed by atoms with Crippen molar-refractivity contribution in [2.75, 3.05) is 0 Å². The van der Waals surface area contributed by atoms with Crippen LogP contribution in [0.3, 0.4) is 0 Å². The molecule has 0 fully saturated rings. The van der Waals surface area contributed by atoms with Crippen LogP contribution < -0.4 is 5.32 Å². The topological polar surface area (TPSA) is 48.7 Å². The minimum Gasteiger partial charge on any atom is -0.295 e. The SMILES string of the molecule is CC(C)NC(C#N)c1ccccn1. The van der Waals surface area contributed by atoms with Gasteiger partial charge in [0.15, 0.2) is 0 Å². The van der Waals surface area contributed by atoms with Crippen LogP contribution >= 0.6 is 0 Å². The molecule has 0 radical (unpaired) electrons. The van der Waals surface area contributed by atoms with E-state index in [4.69, 9.17) is 5.26 Å². The lowest BCUT2D eigenvalue weighted by Crippen LogP contribution is -2.27. The number of pyridine rings is 1. The zero-order valence-corrected chi connectivity index (χ0v) is 7.86. The molecule has 0 spiro atoms. The number of nitrogens with one attached hydrogen (secondary N) is 1. The van der Waals surface area contributed by atoms with Gasteiger partial charge in [-0.1, -0.05) is 6.07 Å². The van der Waals surface area contributed by atoms with Gasteiger partial charge in [0.25, 0.3) is 0 Å². The second kappa shape index (κ2) is 4.58. The summed E-state index contributed by atoms with van der Waals surface area (Å²) in [5, 5.41) is 12.0. The average Bonchev–Trinajstić information content (AvgIpc) is 2.15. The van der Waals surface area contributed by atoms with Crippen LogP contribution in [0.5, 0.6) is 0 Å². The zero-order chi connectivity index (χ0) is 9.68. The maximum atomic E-state index is 8.88. The quantitative estimate of drug-likeness (QED) is 0.759. The first-order valence-corrected chi connectivity index (χ1v) is 4.30. The van der Waals surface area contributed by atoms with E-state index in [0.29, 0.717) is 0 Å². The van der Waals surface area contributed by atoms with E-state index in [2.05, 4.69) is 16.4 Å². The molecule has 0 bridgehead atoms. The van der Waals surface area contributed by atoms with Crippen molar-refractivity contribution < 1.29 is 0 Å². The third-order valence-electron chi connectivity index (χ3n) is 1.61. The molecule has 0 aliphatic carbocycles. The summed E-state index contributed by atoms with van der Waals surface area (Å²) in [7, 11) is 0. The smallest absolute Gasteiger partial charge is 0.138 e. The Morgan fingerprint density at radius 1 is 1.46 bits per heavy atom. The average molecular weight is 175 g/mol. The summed E-state index contributed by atoms with van der Waals surface area (Å²) in [5.41, 5.74) is 0.777. The van der Waals surface area contributed by atoms with E-state index in [0.717, 1.165) is 5.69 Å². The fourth-order valence-electron chi connectivity index (χ4n) is 1.07. The lowest BCUT2D eigenvalue weighted by Gasteiger charge is -2.13. The molecule has 1 aromatic heterocycles. The van der Waals surface area contributed by atoms with Gasteiger partial charge in [0.05, 0.1) is 11.8 Å². The van der Waals surface area contributed by atoms with Gasteiger partial charge in [0, 0.05) is 12.2 Å². The van der Waals surface area contributed by atoms with Gasteiger partial charge in [-0.25, -0.2) is 0 Å². The normalized spacial score (nSPS) is 12.5. The maximum absolute atomic E-state index is 8.88. The molecule has 68 valence electrons. The molecular weight excluding hydrogens is 162 g/mol. The third kappa shape index (κ3) is 2.85. The maximum Gasteiger partial charge on any atom is 0.138 e. The molecule has 0 saturated carbocycles. The van der Waals surface area contributed by atoms with Crippen LogP contribution in [0.2, 0.25) is 0 Å². The second-order valence-corrected chi connectivity index (χ2v) is 3.14. The molecule has 3 heteroatoms. The minimum atomic E-state index is -0.304. The predicted octanol–water partition coefficient (Wildman–Crippen LogP) is 1.64. The number of nitriles is 1. The van der Waals surface area contributed by atoms with Crippen molar-refractivity contribution in [3.63, 3.8) is 0 Å². The molecule has 0 amide bonds. The minimum absolute atomic E-state index is 0.284. The molecule has 1 atom stereocenters. The Labute approximate surface area is 78.4 Å². The van der Waals surface area contributed by atoms with E-state index in [1.165, 1.54) is 0 Å². The van der Waals surface area contributed by atoms with Gasteiger partial charge in [-0.3, -0.25) is 10.3 Å². The van der Waals surface area contributed by atoms with Crippen LogP contribution in [-0.2, 0) is 0 Å². The Morgan fingerprint density at radius 2 is 2.23 bits per heavy atom. The van der Waals surface area contributed by atoms with Crippen molar-refractivity contribution in [3.05, 3.63) is 30.1 Å². The van der Waals surface area contributed by atoms with Crippen LogP contribution in [0.15, 0.2) is 24.4 Å². The lowest BCUT2D eigenvalue weighted by molar-refractivity contribution is 0.538. The number of hydrogen-bond donors (Lipinski definition) is 1. The van der Waals surface area contributed by atoms with E-state index in [1.807, 2.05) is 32.0 Å². The van der Waals surface area contributed by atoms with Crippen LogP contribution in [0, 0.1) is 11.3 Å². The summed E-state index contributed by atoms with van der Waals surface area (Å²) in [6.07, 6.45) is 1.70. The van der Waals surface area contributed by atoms with Gasteiger partial charge in [-0.05, 0) is 26.0 Å². The molecule has 1 rings (SSSR count). The van der Waals surface area contributed by atoms with E-state index in [-0.39, 0.29) is 12.1 Å². The molecule has 0 aliphatic rings. The monoisotopic (exact) mass is 175 g/mol. The third-order valence-corrected chi connectivity index (χ3v) is 1.61. The first-order valence-electron chi connectivity index (χ1n) is 4.30. The zero-order valence-electron chi connectivity index (χ0n) is 7.86. The van der Waals surface area contributed by atoms with Gasteiger partial charge in [-0.15, -0.1) is 0 Å². The van der Waals surface area contributed by atoms with Crippen LogP contribution in [-0.4, -0.2) is 11.0 Å². The molecular formula is C10H13N3.